The Balaban J connectivity index is 0.000000178. The molecule has 8 rings (SSSR count). The molecule has 0 unspecified atom stereocenters. The first-order valence-corrected chi connectivity index (χ1v) is 19.9. The monoisotopic (exact) mass is 836 g/mol. The van der Waals surface area contributed by atoms with Crippen molar-refractivity contribution in [3.8, 4) is 28.3 Å². The quantitative estimate of drug-likeness (QED) is 0.124. The van der Waals surface area contributed by atoms with Gasteiger partial charge in [-0.3, -0.25) is 4.98 Å². The van der Waals surface area contributed by atoms with Gasteiger partial charge in [-0.15, -0.1) is 54.1 Å². The Morgan fingerprint density at radius 3 is 2.31 bits per heavy atom. The van der Waals surface area contributed by atoms with Crippen molar-refractivity contribution in [1.82, 2.24) is 14.5 Å². The SMILES string of the molecule is [2H]C([2H])(c1cc([Si](C)(C)C)cnc1-c1[c-]cccc1)C(C)C.[Ir].[c-]1ccc2c(oc3ccccc32)c1-c1nc2ccccc2n1-c1ccccc1. The number of hydrogen-bond donors (Lipinski definition) is 0. The van der Waals surface area contributed by atoms with Gasteiger partial charge in [-0.05, 0) is 53.5 Å². The summed E-state index contributed by atoms with van der Waals surface area (Å²) in [4.78, 5) is 9.58. The van der Waals surface area contributed by atoms with Crippen molar-refractivity contribution in [3.63, 3.8) is 0 Å². The van der Waals surface area contributed by atoms with E-state index in [9.17, 15) is 0 Å². The molecule has 0 aliphatic rings. The first kappa shape index (κ1) is 31.6. The molecule has 0 aliphatic carbocycles. The van der Waals surface area contributed by atoms with Crippen molar-refractivity contribution >= 4 is 46.2 Å². The van der Waals surface area contributed by atoms with E-state index >= 15 is 0 Å². The fourth-order valence-corrected chi connectivity index (χ4v) is 6.97. The molecule has 0 atom stereocenters. The first-order valence-electron chi connectivity index (χ1n) is 17.4. The molecule has 0 spiro atoms. The molecular formula is C43H39IrN3OSi-2. The van der Waals surface area contributed by atoms with Crippen LogP contribution in [0.5, 0.6) is 0 Å². The molecule has 0 N–H and O–H groups in total. The van der Waals surface area contributed by atoms with Gasteiger partial charge in [0.25, 0.3) is 0 Å². The van der Waals surface area contributed by atoms with E-state index in [0.29, 0.717) is 11.3 Å². The Kier molecular flexibility index (Phi) is 9.35. The van der Waals surface area contributed by atoms with Crippen molar-refractivity contribution in [2.75, 3.05) is 0 Å². The minimum absolute atomic E-state index is 0. The second-order valence-electron chi connectivity index (χ2n) is 13.2. The third-order valence-corrected chi connectivity index (χ3v) is 10.3. The molecule has 0 fully saturated rings. The zero-order chi connectivity index (χ0) is 35.0. The normalized spacial score (nSPS) is 12.4. The average molecular weight is 836 g/mol. The molecule has 247 valence electrons. The summed E-state index contributed by atoms with van der Waals surface area (Å²) in [6, 6.07) is 46.8. The van der Waals surface area contributed by atoms with Crippen LogP contribution in [0.1, 0.15) is 22.2 Å². The first-order chi connectivity index (χ1) is 24.0. The number of imidazole rings is 1. The van der Waals surface area contributed by atoms with Crippen LogP contribution in [-0.4, -0.2) is 22.6 Å². The number of benzene rings is 5. The predicted molar refractivity (Wildman–Crippen MR) is 203 cm³/mol. The maximum absolute atomic E-state index is 8.54. The smallest absolute Gasteiger partial charge is 0.120 e. The summed E-state index contributed by atoms with van der Waals surface area (Å²) >= 11 is 0. The van der Waals surface area contributed by atoms with E-state index in [1.165, 1.54) is 5.19 Å². The van der Waals surface area contributed by atoms with E-state index in [1.54, 1.807) is 0 Å². The van der Waals surface area contributed by atoms with Crippen LogP contribution in [0.4, 0.5) is 0 Å². The summed E-state index contributed by atoms with van der Waals surface area (Å²) in [6.45, 7) is 10.6. The molecule has 3 heterocycles. The van der Waals surface area contributed by atoms with Crippen LogP contribution in [-0.2, 0) is 26.5 Å². The van der Waals surface area contributed by atoms with Crippen molar-refractivity contribution in [1.29, 1.82) is 0 Å². The van der Waals surface area contributed by atoms with Crippen LogP contribution in [0, 0.1) is 18.1 Å². The van der Waals surface area contributed by atoms with Crippen LogP contribution in [0.3, 0.4) is 0 Å². The van der Waals surface area contributed by atoms with Gasteiger partial charge in [-0.25, -0.2) is 0 Å². The number of nitrogens with zero attached hydrogens (tertiary/aromatic N) is 3. The third kappa shape index (κ3) is 7.09. The second kappa shape index (κ2) is 14.5. The number of hydrogen-bond acceptors (Lipinski definition) is 3. The zero-order valence-electron chi connectivity index (χ0n) is 30.3. The number of aromatic nitrogens is 3. The fourth-order valence-electron chi connectivity index (χ4n) is 5.94. The summed E-state index contributed by atoms with van der Waals surface area (Å²) in [7, 11) is -1.54. The largest absolute Gasteiger partial charge is 0.501 e. The minimum Gasteiger partial charge on any atom is -0.501 e. The minimum atomic E-state index is -1.54. The molecule has 0 saturated carbocycles. The summed E-state index contributed by atoms with van der Waals surface area (Å²) in [6.07, 6.45) is 0.504. The summed E-state index contributed by atoms with van der Waals surface area (Å²) in [5.74, 6) is 0.714. The number of furan rings is 1. The van der Waals surface area contributed by atoms with Gasteiger partial charge in [-0.1, -0.05) is 105 Å². The topological polar surface area (TPSA) is 43.9 Å². The molecule has 0 aliphatic heterocycles. The molecule has 3 aromatic heterocycles. The summed E-state index contributed by atoms with van der Waals surface area (Å²) in [5, 5.41) is 3.37. The predicted octanol–water partition coefficient (Wildman–Crippen LogP) is 10.7. The molecule has 6 heteroatoms. The summed E-state index contributed by atoms with van der Waals surface area (Å²) < 4.78 is 25.5. The second-order valence-corrected chi connectivity index (χ2v) is 18.3. The van der Waals surface area contributed by atoms with E-state index in [2.05, 4.69) is 71.7 Å². The average Bonchev–Trinajstić information content (AvgIpc) is 3.71. The van der Waals surface area contributed by atoms with Crippen LogP contribution in [0.15, 0.2) is 132 Å². The molecule has 1 radical (unpaired) electrons. The van der Waals surface area contributed by atoms with Gasteiger partial charge in [0.05, 0.1) is 30.5 Å². The molecule has 0 bridgehead atoms. The van der Waals surface area contributed by atoms with Crippen LogP contribution in [0.2, 0.25) is 19.6 Å². The van der Waals surface area contributed by atoms with Crippen LogP contribution < -0.4 is 5.19 Å². The molecule has 49 heavy (non-hydrogen) atoms. The molecule has 5 aromatic carbocycles. The third-order valence-electron chi connectivity index (χ3n) is 8.30. The van der Waals surface area contributed by atoms with Gasteiger partial charge >= 0.3 is 0 Å². The van der Waals surface area contributed by atoms with Crippen molar-refractivity contribution in [2.24, 2.45) is 5.92 Å². The van der Waals surface area contributed by atoms with Crippen molar-refractivity contribution < 1.29 is 27.3 Å². The Morgan fingerprint density at radius 2 is 1.55 bits per heavy atom. The van der Waals surface area contributed by atoms with E-state index in [-0.39, 0.29) is 26.0 Å². The molecule has 4 nitrogen and oxygen atoms in total. The molecule has 0 amide bonds. The fraction of sp³-hybridized carbons (Fsp3) is 0.163. The van der Waals surface area contributed by atoms with Gasteiger partial charge in [0, 0.05) is 40.1 Å². The number of rotatable bonds is 6. The van der Waals surface area contributed by atoms with Crippen molar-refractivity contribution in [3.05, 3.63) is 145 Å². The van der Waals surface area contributed by atoms with Crippen LogP contribution >= 0.6 is 0 Å². The zero-order valence-corrected chi connectivity index (χ0v) is 31.7. The molecule has 8 aromatic rings. The van der Waals surface area contributed by atoms with Gasteiger partial charge in [0.1, 0.15) is 5.58 Å². The Labute approximate surface area is 306 Å². The Bertz CT molecular complexity index is 2430. The number of pyridine rings is 1. The van der Waals surface area contributed by atoms with Crippen molar-refractivity contribution in [2.45, 2.75) is 39.9 Å². The Morgan fingerprint density at radius 1 is 0.816 bits per heavy atom. The van der Waals surface area contributed by atoms with Gasteiger partial charge < -0.3 is 14.0 Å². The van der Waals surface area contributed by atoms with E-state index in [1.807, 2.05) is 111 Å². The summed E-state index contributed by atoms with van der Waals surface area (Å²) in [5.41, 5.74) is 7.88. The number of para-hydroxylation sites is 4. The number of fused-ring (bicyclic) bond motifs is 4. The van der Waals surface area contributed by atoms with E-state index in [4.69, 9.17) is 12.1 Å². The molecule has 0 saturated heterocycles. The van der Waals surface area contributed by atoms with Gasteiger partial charge in [-0.2, -0.15) is 0 Å². The van der Waals surface area contributed by atoms with Gasteiger partial charge in [0.15, 0.2) is 0 Å². The molecular weight excluding hydrogens is 795 g/mol. The van der Waals surface area contributed by atoms with Crippen LogP contribution in [0.25, 0.3) is 61.3 Å². The Hall–Kier alpha value is -4.61. The standard InChI is InChI=1S/C25H15N2O.C18H24NSi.Ir/c1-2-9-17(10-3-1)27-22-15-6-5-14-21(22)26-25(27)20-13-8-12-19-18-11-4-7-16-23(18)28-24(19)20;1-14(2)11-16-12-17(20(3,4)5)13-19-18(16)15-9-7-6-8-10-15;/h1-12,14-16H;6-9,12-14H,11H2,1-5H3;/q2*-1;/i;11D2;. The maximum Gasteiger partial charge on any atom is 0.120 e. The maximum atomic E-state index is 8.54. The van der Waals surface area contributed by atoms with E-state index in [0.717, 1.165) is 55.6 Å². The van der Waals surface area contributed by atoms with E-state index < -0.39 is 14.4 Å². The van der Waals surface area contributed by atoms with Gasteiger partial charge in [0.2, 0.25) is 0 Å².